The molecule has 0 fully saturated rings. The van der Waals surface area contributed by atoms with Crippen molar-refractivity contribution in [3.8, 4) is 11.5 Å². The van der Waals surface area contributed by atoms with Crippen LogP contribution < -0.4 is 4.90 Å². The highest BCUT2D eigenvalue weighted by atomic mass is 79.9. The number of thioether (sulfide) groups is 1. The largest absolute Gasteiger partial charge is 0.411 e. The Kier molecular flexibility index (Phi) is 6.74. The molecule has 6 nitrogen and oxygen atoms in total. The molecule has 0 spiro atoms. The summed E-state index contributed by atoms with van der Waals surface area (Å²) < 4.78 is 6.59. The van der Waals surface area contributed by atoms with Crippen LogP contribution in [-0.4, -0.2) is 47.9 Å². The summed E-state index contributed by atoms with van der Waals surface area (Å²) in [5.41, 5.74) is 3.05. The minimum absolute atomic E-state index is 0.00360. The Morgan fingerprint density at radius 3 is 2.54 bits per heavy atom. The predicted molar refractivity (Wildman–Crippen MR) is 115 cm³/mol. The zero-order valence-electron chi connectivity index (χ0n) is 15.9. The van der Waals surface area contributed by atoms with Gasteiger partial charge in [-0.1, -0.05) is 45.9 Å². The van der Waals surface area contributed by atoms with Crippen LogP contribution in [0.15, 0.2) is 62.6 Å². The molecule has 0 bridgehead atoms. The summed E-state index contributed by atoms with van der Waals surface area (Å²) in [4.78, 5) is 16.2. The summed E-state index contributed by atoms with van der Waals surface area (Å²) >= 11 is 4.67. The summed E-state index contributed by atoms with van der Waals surface area (Å²) in [5.74, 6) is 0.682. The number of amides is 1. The Morgan fingerprint density at radius 2 is 1.86 bits per heavy atom. The van der Waals surface area contributed by atoms with E-state index in [2.05, 4.69) is 26.1 Å². The van der Waals surface area contributed by atoms with E-state index in [0.29, 0.717) is 17.7 Å². The summed E-state index contributed by atoms with van der Waals surface area (Å²) in [6.45, 7) is 0.556. The normalized spacial score (nSPS) is 10.7. The number of halogens is 1. The van der Waals surface area contributed by atoms with E-state index >= 15 is 0 Å². The average molecular weight is 461 g/mol. The molecule has 3 rings (SSSR count). The van der Waals surface area contributed by atoms with Crippen molar-refractivity contribution in [2.24, 2.45) is 0 Å². The molecule has 146 valence electrons. The van der Waals surface area contributed by atoms with Crippen molar-refractivity contribution in [1.82, 2.24) is 15.1 Å². The fourth-order valence-electron chi connectivity index (χ4n) is 2.50. The third-order valence-corrected chi connectivity index (χ3v) is 5.39. The number of anilines is 1. The predicted octanol–water partition coefficient (Wildman–Crippen LogP) is 4.32. The van der Waals surface area contributed by atoms with E-state index in [1.165, 1.54) is 11.8 Å². The second-order valence-electron chi connectivity index (χ2n) is 6.48. The first-order valence-electron chi connectivity index (χ1n) is 8.65. The highest BCUT2D eigenvalue weighted by Crippen LogP contribution is 2.25. The van der Waals surface area contributed by atoms with Crippen molar-refractivity contribution in [2.45, 2.75) is 11.8 Å². The number of nitrogens with zero attached hydrogens (tertiary/aromatic N) is 4. The van der Waals surface area contributed by atoms with E-state index in [4.69, 9.17) is 4.42 Å². The van der Waals surface area contributed by atoms with Gasteiger partial charge in [0.25, 0.3) is 5.22 Å². The summed E-state index contributed by atoms with van der Waals surface area (Å²) in [5, 5.41) is 8.45. The van der Waals surface area contributed by atoms with Gasteiger partial charge in [-0.05, 0) is 35.9 Å². The fraction of sp³-hybridized carbons (Fsp3) is 0.250. The molecule has 0 saturated carbocycles. The van der Waals surface area contributed by atoms with Gasteiger partial charge in [-0.25, -0.2) is 0 Å². The quantitative estimate of drug-likeness (QED) is 0.489. The lowest BCUT2D eigenvalue weighted by Gasteiger charge is -2.18. The van der Waals surface area contributed by atoms with Crippen LogP contribution in [0, 0.1) is 0 Å². The Morgan fingerprint density at radius 1 is 1.11 bits per heavy atom. The van der Waals surface area contributed by atoms with Crippen LogP contribution in [0.2, 0.25) is 0 Å². The maximum atomic E-state index is 12.4. The van der Waals surface area contributed by atoms with Gasteiger partial charge in [0.2, 0.25) is 11.8 Å². The van der Waals surface area contributed by atoms with E-state index < -0.39 is 0 Å². The van der Waals surface area contributed by atoms with E-state index in [9.17, 15) is 4.79 Å². The van der Waals surface area contributed by atoms with Gasteiger partial charge in [0, 0.05) is 43.4 Å². The van der Waals surface area contributed by atoms with E-state index in [1.54, 1.807) is 11.9 Å². The molecule has 3 aromatic rings. The zero-order chi connectivity index (χ0) is 20.1. The van der Waals surface area contributed by atoms with Gasteiger partial charge in [-0.2, -0.15) is 0 Å². The van der Waals surface area contributed by atoms with Crippen LogP contribution in [0.4, 0.5) is 5.69 Å². The van der Waals surface area contributed by atoms with Gasteiger partial charge in [-0.15, -0.1) is 10.2 Å². The van der Waals surface area contributed by atoms with Gasteiger partial charge in [0.05, 0.1) is 5.75 Å². The Bertz CT molecular complexity index is 943. The second kappa shape index (κ2) is 9.25. The average Bonchev–Trinajstić information content (AvgIpc) is 3.15. The van der Waals surface area contributed by atoms with Crippen molar-refractivity contribution >= 4 is 39.3 Å². The number of hydrogen-bond donors (Lipinski definition) is 0. The van der Waals surface area contributed by atoms with Gasteiger partial charge in [0.15, 0.2) is 0 Å². The standard InChI is InChI=1S/C20H21BrN4O2S/c1-24(2)17-9-7-14(8-10-17)12-25(3)18(26)13-28-20-23-22-19(27-20)15-5-4-6-16(21)11-15/h4-11H,12-13H2,1-3H3. The molecule has 0 aliphatic carbocycles. The summed E-state index contributed by atoms with van der Waals surface area (Å²) in [7, 11) is 5.80. The smallest absolute Gasteiger partial charge is 0.277 e. The first-order valence-corrected chi connectivity index (χ1v) is 10.4. The lowest BCUT2D eigenvalue weighted by molar-refractivity contribution is -0.127. The molecule has 0 saturated heterocycles. The van der Waals surface area contributed by atoms with Crippen LogP contribution >= 0.6 is 27.7 Å². The fourth-order valence-corrected chi connectivity index (χ4v) is 3.60. The molecule has 0 aliphatic heterocycles. The molecule has 1 aromatic heterocycles. The number of hydrogen-bond acceptors (Lipinski definition) is 6. The summed E-state index contributed by atoms with van der Waals surface area (Å²) in [6, 6.07) is 15.8. The van der Waals surface area contributed by atoms with Crippen molar-refractivity contribution in [3.63, 3.8) is 0 Å². The number of carbonyl (C=O) groups excluding carboxylic acids is 1. The third kappa shape index (κ3) is 5.36. The maximum Gasteiger partial charge on any atom is 0.277 e. The second-order valence-corrected chi connectivity index (χ2v) is 8.33. The molecule has 0 unspecified atom stereocenters. The monoisotopic (exact) mass is 460 g/mol. The van der Waals surface area contributed by atoms with Crippen molar-refractivity contribution in [3.05, 3.63) is 58.6 Å². The Balaban J connectivity index is 1.53. The van der Waals surface area contributed by atoms with Gasteiger partial charge < -0.3 is 14.2 Å². The number of carbonyl (C=O) groups is 1. The van der Waals surface area contributed by atoms with Gasteiger partial charge >= 0.3 is 0 Å². The molecule has 0 aliphatic rings. The number of benzene rings is 2. The van der Waals surface area contributed by atoms with Crippen molar-refractivity contribution < 1.29 is 9.21 Å². The molecular weight excluding hydrogens is 440 g/mol. The molecule has 1 amide bonds. The lowest BCUT2D eigenvalue weighted by atomic mass is 10.2. The topological polar surface area (TPSA) is 62.5 Å². The summed E-state index contributed by atoms with van der Waals surface area (Å²) in [6.07, 6.45) is 0. The SMILES string of the molecule is CN(Cc1ccc(N(C)C)cc1)C(=O)CSc1nnc(-c2cccc(Br)c2)o1. The Hall–Kier alpha value is -2.32. The van der Waals surface area contributed by atoms with Crippen LogP contribution in [-0.2, 0) is 11.3 Å². The molecular formula is C20H21BrN4O2S. The lowest BCUT2D eigenvalue weighted by Crippen LogP contribution is -2.27. The van der Waals surface area contributed by atoms with Gasteiger partial charge in [0.1, 0.15) is 0 Å². The molecule has 2 aromatic carbocycles. The first kappa shape index (κ1) is 20.4. The molecule has 0 N–H and O–H groups in total. The first-order chi connectivity index (χ1) is 13.4. The highest BCUT2D eigenvalue weighted by molar-refractivity contribution is 9.10. The third-order valence-electron chi connectivity index (χ3n) is 4.10. The van der Waals surface area contributed by atoms with Crippen LogP contribution in [0.1, 0.15) is 5.56 Å². The zero-order valence-corrected chi connectivity index (χ0v) is 18.3. The van der Waals surface area contributed by atoms with Crippen molar-refractivity contribution in [2.75, 3.05) is 31.8 Å². The number of aromatic nitrogens is 2. The van der Waals surface area contributed by atoms with E-state index in [0.717, 1.165) is 21.3 Å². The van der Waals surface area contributed by atoms with Gasteiger partial charge in [-0.3, -0.25) is 4.79 Å². The van der Waals surface area contributed by atoms with E-state index in [1.807, 2.05) is 67.5 Å². The van der Waals surface area contributed by atoms with Crippen LogP contribution in [0.25, 0.3) is 11.5 Å². The van der Waals surface area contributed by atoms with E-state index in [-0.39, 0.29) is 11.7 Å². The molecule has 8 heteroatoms. The number of rotatable bonds is 7. The minimum Gasteiger partial charge on any atom is -0.411 e. The van der Waals surface area contributed by atoms with Crippen LogP contribution in [0.5, 0.6) is 0 Å². The van der Waals surface area contributed by atoms with Crippen LogP contribution in [0.3, 0.4) is 0 Å². The molecule has 0 radical (unpaired) electrons. The molecule has 1 heterocycles. The Labute approximate surface area is 177 Å². The maximum absolute atomic E-state index is 12.4. The minimum atomic E-state index is 0.00360. The van der Waals surface area contributed by atoms with Crippen molar-refractivity contribution in [1.29, 1.82) is 0 Å². The molecule has 28 heavy (non-hydrogen) atoms. The molecule has 0 atom stereocenters. The highest BCUT2D eigenvalue weighted by Gasteiger charge is 2.14.